The van der Waals surface area contributed by atoms with E-state index in [0.29, 0.717) is 0 Å². The highest BCUT2D eigenvalue weighted by molar-refractivity contribution is 5.29. The predicted molar refractivity (Wildman–Crippen MR) is 53.6 cm³/mol. The summed E-state index contributed by atoms with van der Waals surface area (Å²) in [5.41, 5.74) is 2.50. The third kappa shape index (κ3) is 1.92. The molecule has 1 aliphatic rings. The first-order valence-corrected chi connectivity index (χ1v) is 5.14. The molecule has 1 aliphatic carbocycles. The van der Waals surface area contributed by atoms with Crippen molar-refractivity contribution in [2.24, 2.45) is 0 Å². The number of aliphatic hydroxyl groups is 1. The highest BCUT2D eigenvalue weighted by atomic mass is 16.3. The zero-order chi connectivity index (χ0) is 9.10. The van der Waals surface area contributed by atoms with Gasteiger partial charge in [0.05, 0.1) is 6.10 Å². The molecule has 1 N–H and O–H groups in total. The van der Waals surface area contributed by atoms with Gasteiger partial charge in [-0.05, 0) is 30.4 Å². The van der Waals surface area contributed by atoms with Gasteiger partial charge >= 0.3 is 0 Å². The zero-order valence-electron chi connectivity index (χ0n) is 7.87. The fourth-order valence-corrected chi connectivity index (χ4v) is 2.07. The molecular formula is C12H16O. The van der Waals surface area contributed by atoms with Gasteiger partial charge < -0.3 is 5.11 Å². The van der Waals surface area contributed by atoms with Crippen LogP contribution in [0.15, 0.2) is 24.3 Å². The van der Waals surface area contributed by atoms with Crippen molar-refractivity contribution in [3.05, 3.63) is 35.4 Å². The second-order valence-electron chi connectivity index (χ2n) is 3.81. The van der Waals surface area contributed by atoms with Crippen LogP contribution in [-0.2, 0) is 6.42 Å². The van der Waals surface area contributed by atoms with Gasteiger partial charge in [-0.3, -0.25) is 0 Å². The van der Waals surface area contributed by atoms with E-state index in [1.165, 1.54) is 18.4 Å². The summed E-state index contributed by atoms with van der Waals surface area (Å²) in [5, 5.41) is 9.87. The highest BCUT2D eigenvalue weighted by Crippen LogP contribution is 2.27. The monoisotopic (exact) mass is 176 g/mol. The number of aryl methyl sites for hydroxylation is 1. The topological polar surface area (TPSA) is 20.2 Å². The third-order valence-electron chi connectivity index (χ3n) is 2.84. The molecule has 0 spiro atoms. The molecule has 0 saturated heterocycles. The molecule has 0 heterocycles. The summed E-state index contributed by atoms with van der Waals surface area (Å²) in [6, 6.07) is 8.28. The van der Waals surface area contributed by atoms with Crippen LogP contribution in [0.3, 0.4) is 0 Å². The number of fused-ring (bicyclic) bond motifs is 1. The molecule has 1 nitrogen and oxygen atoms in total. The van der Waals surface area contributed by atoms with Crippen molar-refractivity contribution in [2.45, 2.75) is 38.2 Å². The SMILES string of the molecule is O[C@@H]1CCCCCc2ccccc21. The van der Waals surface area contributed by atoms with Gasteiger partial charge in [0.2, 0.25) is 0 Å². The van der Waals surface area contributed by atoms with E-state index < -0.39 is 0 Å². The molecule has 0 radical (unpaired) electrons. The Balaban J connectivity index is 2.31. The highest BCUT2D eigenvalue weighted by Gasteiger charge is 2.13. The first kappa shape index (κ1) is 8.76. The van der Waals surface area contributed by atoms with Crippen molar-refractivity contribution in [1.82, 2.24) is 0 Å². The molecule has 1 aromatic carbocycles. The number of hydrogen-bond donors (Lipinski definition) is 1. The van der Waals surface area contributed by atoms with Crippen LogP contribution in [0.5, 0.6) is 0 Å². The second kappa shape index (κ2) is 3.93. The molecule has 1 aromatic rings. The van der Waals surface area contributed by atoms with E-state index in [0.717, 1.165) is 24.8 Å². The van der Waals surface area contributed by atoms with Crippen LogP contribution in [0.2, 0.25) is 0 Å². The fraction of sp³-hybridized carbons (Fsp3) is 0.500. The van der Waals surface area contributed by atoms with Crippen molar-refractivity contribution < 1.29 is 5.11 Å². The van der Waals surface area contributed by atoms with Crippen molar-refractivity contribution in [2.75, 3.05) is 0 Å². The standard InChI is InChI=1S/C12H16O/c13-12-9-3-1-2-6-10-7-4-5-8-11(10)12/h4-5,7-8,12-13H,1-3,6,9H2/t12-/m1/s1. The molecule has 13 heavy (non-hydrogen) atoms. The summed E-state index contributed by atoms with van der Waals surface area (Å²) in [7, 11) is 0. The molecule has 0 fully saturated rings. The minimum Gasteiger partial charge on any atom is -0.388 e. The molecule has 1 atom stereocenters. The number of benzene rings is 1. The van der Waals surface area contributed by atoms with Gasteiger partial charge in [-0.2, -0.15) is 0 Å². The van der Waals surface area contributed by atoms with E-state index in [4.69, 9.17) is 0 Å². The van der Waals surface area contributed by atoms with Crippen LogP contribution in [-0.4, -0.2) is 5.11 Å². The lowest BCUT2D eigenvalue weighted by Crippen LogP contribution is -2.05. The molecular weight excluding hydrogens is 160 g/mol. The quantitative estimate of drug-likeness (QED) is 0.644. The average Bonchev–Trinajstić information content (AvgIpc) is 2.14. The lowest BCUT2D eigenvalue weighted by atomic mass is 9.91. The maximum Gasteiger partial charge on any atom is 0.0792 e. The first-order chi connectivity index (χ1) is 6.38. The summed E-state index contributed by atoms with van der Waals surface area (Å²) in [5.74, 6) is 0. The molecule has 70 valence electrons. The lowest BCUT2D eigenvalue weighted by molar-refractivity contribution is 0.160. The van der Waals surface area contributed by atoms with Crippen LogP contribution < -0.4 is 0 Å². The minimum atomic E-state index is -0.225. The molecule has 0 aliphatic heterocycles. The van der Waals surface area contributed by atoms with E-state index >= 15 is 0 Å². The molecule has 0 amide bonds. The Labute approximate surface area is 79.4 Å². The van der Waals surface area contributed by atoms with Gasteiger partial charge in [-0.25, -0.2) is 0 Å². The Hall–Kier alpha value is -0.820. The van der Waals surface area contributed by atoms with E-state index in [2.05, 4.69) is 18.2 Å². The van der Waals surface area contributed by atoms with Gasteiger partial charge in [-0.1, -0.05) is 37.1 Å². The predicted octanol–water partition coefficient (Wildman–Crippen LogP) is 2.84. The molecule has 0 unspecified atom stereocenters. The van der Waals surface area contributed by atoms with Gasteiger partial charge in [0.15, 0.2) is 0 Å². The Morgan fingerprint density at radius 3 is 2.85 bits per heavy atom. The maximum atomic E-state index is 9.87. The van der Waals surface area contributed by atoms with Gasteiger partial charge in [0.25, 0.3) is 0 Å². The molecule has 0 aromatic heterocycles. The summed E-state index contributed by atoms with van der Waals surface area (Å²) >= 11 is 0. The Kier molecular flexibility index (Phi) is 2.65. The number of aliphatic hydroxyl groups excluding tert-OH is 1. The smallest absolute Gasteiger partial charge is 0.0792 e. The largest absolute Gasteiger partial charge is 0.388 e. The van der Waals surface area contributed by atoms with Gasteiger partial charge in [-0.15, -0.1) is 0 Å². The van der Waals surface area contributed by atoms with Crippen LogP contribution >= 0.6 is 0 Å². The minimum absolute atomic E-state index is 0.225. The summed E-state index contributed by atoms with van der Waals surface area (Å²) in [6.45, 7) is 0. The van der Waals surface area contributed by atoms with Crippen LogP contribution in [0.25, 0.3) is 0 Å². The van der Waals surface area contributed by atoms with Gasteiger partial charge in [0.1, 0.15) is 0 Å². The fourth-order valence-electron chi connectivity index (χ4n) is 2.07. The van der Waals surface area contributed by atoms with E-state index in [-0.39, 0.29) is 6.10 Å². The van der Waals surface area contributed by atoms with Crippen LogP contribution in [0.1, 0.15) is 42.9 Å². The lowest BCUT2D eigenvalue weighted by Gasteiger charge is -2.18. The summed E-state index contributed by atoms with van der Waals surface area (Å²) in [6.07, 6.45) is 5.52. The summed E-state index contributed by atoms with van der Waals surface area (Å²) < 4.78 is 0. The Morgan fingerprint density at radius 1 is 1.08 bits per heavy atom. The second-order valence-corrected chi connectivity index (χ2v) is 3.81. The summed E-state index contributed by atoms with van der Waals surface area (Å²) in [4.78, 5) is 0. The molecule has 2 rings (SSSR count). The van der Waals surface area contributed by atoms with E-state index in [1.54, 1.807) is 0 Å². The van der Waals surface area contributed by atoms with Crippen molar-refractivity contribution >= 4 is 0 Å². The van der Waals surface area contributed by atoms with E-state index in [1.807, 2.05) is 6.07 Å². The zero-order valence-corrected chi connectivity index (χ0v) is 7.87. The number of rotatable bonds is 0. The number of hydrogen-bond acceptors (Lipinski definition) is 1. The molecule has 1 heteroatoms. The van der Waals surface area contributed by atoms with Gasteiger partial charge in [0, 0.05) is 0 Å². The van der Waals surface area contributed by atoms with Crippen LogP contribution in [0.4, 0.5) is 0 Å². The van der Waals surface area contributed by atoms with Crippen molar-refractivity contribution in [1.29, 1.82) is 0 Å². The third-order valence-corrected chi connectivity index (χ3v) is 2.84. The Morgan fingerprint density at radius 2 is 1.92 bits per heavy atom. The molecule has 0 saturated carbocycles. The van der Waals surface area contributed by atoms with Crippen LogP contribution in [0, 0.1) is 0 Å². The first-order valence-electron chi connectivity index (χ1n) is 5.14. The van der Waals surface area contributed by atoms with Crippen molar-refractivity contribution in [3.63, 3.8) is 0 Å². The van der Waals surface area contributed by atoms with Crippen molar-refractivity contribution in [3.8, 4) is 0 Å². The molecule has 0 bridgehead atoms. The van der Waals surface area contributed by atoms with E-state index in [9.17, 15) is 5.11 Å². The maximum absolute atomic E-state index is 9.87. The average molecular weight is 176 g/mol. The Bertz CT molecular complexity index is 280. The normalized spacial score (nSPS) is 23.0.